The molecule has 0 heterocycles. The Hall–Kier alpha value is -3.84. The van der Waals surface area contributed by atoms with Crippen molar-refractivity contribution in [2.45, 2.75) is 40.2 Å². The van der Waals surface area contributed by atoms with E-state index in [0.717, 1.165) is 27.9 Å². The van der Waals surface area contributed by atoms with Crippen molar-refractivity contribution >= 4 is 35.3 Å². The van der Waals surface area contributed by atoms with Gasteiger partial charge in [-0.1, -0.05) is 35.9 Å². The highest BCUT2D eigenvalue weighted by Gasteiger charge is 2.09. The van der Waals surface area contributed by atoms with Gasteiger partial charge in [-0.05, 0) is 79.4 Å². The smallest absolute Gasteiger partial charge is 0.240 e. The first-order valence-corrected chi connectivity index (χ1v) is 12.0. The molecule has 2 amide bonds. The van der Waals surface area contributed by atoms with Gasteiger partial charge in [0.15, 0.2) is 11.5 Å². The van der Waals surface area contributed by atoms with Crippen LogP contribution >= 0.6 is 11.6 Å². The molecule has 0 saturated carbocycles. The number of ether oxygens (including phenoxy) is 2. The number of hydrogen-bond donors (Lipinski definition) is 2. The Kier molecular flexibility index (Phi) is 9.89. The SMILES string of the molecule is CCOc1cc(C=NNC(=O)CCC(=O)Nc2cc(C)ccc2C)ccc1OCc1ccc(Cl)cc1. The summed E-state index contributed by atoms with van der Waals surface area (Å²) in [5, 5.41) is 7.51. The van der Waals surface area contributed by atoms with Crippen LogP contribution in [-0.4, -0.2) is 24.6 Å². The van der Waals surface area contributed by atoms with E-state index in [2.05, 4.69) is 15.8 Å². The van der Waals surface area contributed by atoms with Gasteiger partial charge < -0.3 is 14.8 Å². The number of nitrogens with zero attached hydrogens (tertiary/aromatic N) is 1. The van der Waals surface area contributed by atoms with E-state index in [-0.39, 0.29) is 24.7 Å². The standard InChI is InChI=1S/C28H30ClN3O4/c1-4-35-26-16-22(9-12-25(26)36-18-21-7-10-23(29)11-8-21)17-30-32-28(34)14-13-27(33)31-24-15-19(2)5-6-20(24)3/h5-12,15-17H,4,13-14,18H2,1-3H3,(H,31,33)(H,32,34). The van der Waals surface area contributed by atoms with Crippen LogP contribution in [0.1, 0.15) is 42.0 Å². The largest absolute Gasteiger partial charge is 0.490 e. The fourth-order valence-electron chi connectivity index (χ4n) is 3.28. The zero-order chi connectivity index (χ0) is 25.9. The van der Waals surface area contributed by atoms with E-state index >= 15 is 0 Å². The molecule has 3 rings (SSSR count). The van der Waals surface area contributed by atoms with Gasteiger partial charge in [0.1, 0.15) is 6.61 Å². The van der Waals surface area contributed by atoms with Gasteiger partial charge in [-0.25, -0.2) is 5.43 Å². The normalized spacial score (nSPS) is 10.8. The van der Waals surface area contributed by atoms with Crippen LogP contribution in [-0.2, 0) is 16.2 Å². The van der Waals surface area contributed by atoms with Crippen molar-refractivity contribution < 1.29 is 19.1 Å². The maximum Gasteiger partial charge on any atom is 0.240 e. The van der Waals surface area contributed by atoms with E-state index in [0.29, 0.717) is 29.7 Å². The lowest BCUT2D eigenvalue weighted by Crippen LogP contribution is -2.21. The van der Waals surface area contributed by atoms with E-state index in [1.165, 1.54) is 6.21 Å². The van der Waals surface area contributed by atoms with Crippen molar-refractivity contribution in [3.63, 3.8) is 0 Å². The van der Waals surface area contributed by atoms with Gasteiger partial charge in [0.05, 0.1) is 12.8 Å². The molecule has 2 N–H and O–H groups in total. The molecule has 0 aliphatic heterocycles. The molecule has 3 aromatic carbocycles. The maximum atomic E-state index is 12.2. The van der Waals surface area contributed by atoms with Gasteiger partial charge in [0.25, 0.3) is 0 Å². The summed E-state index contributed by atoms with van der Waals surface area (Å²) >= 11 is 5.93. The summed E-state index contributed by atoms with van der Waals surface area (Å²) in [6, 6.07) is 18.7. The average molecular weight is 508 g/mol. The Morgan fingerprint density at radius 2 is 1.67 bits per heavy atom. The van der Waals surface area contributed by atoms with Gasteiger partial charge in [-0.15, -0.1) is 0 Å². The summed E-state index contributed by atoms with van der Waals surface area (Å²) < 4.78 is 11.6. The van der Waals surface area contributed by atoms with Crippen LogP contribution in [0.4, 0.5) is 5.69 Å². The van der Waals surface area contributed by atoms with Crippen LogP contribution in [0.15, 0.2) is 65.8 Å². The molecule has 0 unspecified atom stereocenters. The maximum absolute atomic E-state index is 12.2. The van der Waals surface area contributed by atoms with E-state index in [9.17, 15) is 9.59 Å². The minimum atomic E-state index is -0.352. The number of rotatable bonds is 11. The Morgan fingerprint density at radius 3 is 2.42 bits per heavy atom. The molecule has 0 aliphatic rings. The topological polar surface area (TPSA) is 89.0 Å². The van der Waals surface area contributed by atoms with Gasteiger partial charge >= 0.3 is 0 Å². The highest BCUT2D eigenvalue weighted by Crippen LogP contribution is 2.29. The monoisotopic (exact) mass is 507 g/mol. The lowest BCUT2D eigenvalue weighted by molar-refractivity contribution is -0.124. The molecule has 188 valence electrons. The minimum Gasteiger partial charge on any atom is -0.490 e. The van der Waals surface area contributed by atoms with Gasteiger partial charge in [-0.2, -0.15) is 5.10 Å². The molecular weight excluding hydrogens is 478 g/mol. The van der Waals surface area contributed by atoms with Crippen molar-refractivity contribution in [2.24, 2.45) is 5.10 Å². The fraction of sp³-hybridized carbons (Fsp3) is 0.250. The fourth-order valence-corrected chi connectivity index (χ4v) is 3.41. The summed E-state index contributed by atoms with van der Waals surface area (Å²) in [4.78, 5) is 24.3. The van der Waals surface area contributed by atoms with Crippen molar-refractivity contribution in [2.75, 3.05) is 11.9 Å². The number of hydrazone groups is 1. The lowest BCUT2D eigenvalue weighted by atomic mass is 10.1. The van der Waals surface area contributed by atoms with E-state index < -0.39 is 0 Å². The Bertz CT molecular complexity index is 1230. The van der Waals surface area contributed by atoms with Crippen molar-refractivity contribution in [1.82, 2.24) is 5.43 Å². The molecule has 0 aliphatic carbocycles. The van der Waals surface area contributed by atoms with Crippen LogP contribution in [0.5, 0.6) is 11.5 Å². The van der Waals surface area contributed by atoms with Crippen LogP contribution in [0.25, 0.3) is 0 Å². The molecule has 0 fully saturated rings. The summed E-state index contributed by atoms with van der Waals surface area (Å²) in [6.07, 6.45) is 1.60. The number of nitrogens with one attached hydrogen (secondary N) is 2. The van der Waals surface area contributed by atoms with Crippen molar-refractivity contribution in [1.29, 1.82) is 0 Å². The summed E-state index contributed by atoms with van der Waals surface area (Å²) in [7, 11) is 0. The second-order valence-corrected chi connectivity index (χ2v) is 8.65. The molecular formula is C28H30ClN3O4. The number of carbonyl (C=O) groups excluding carboxylic acids is 2. The van der Waals surface area contributed by atoms with Gasteiger partial charge in [0, 0.05) is 23.6 Å². The quantitative estimate of drug-likeness (QED) is 0.253. The number of amides is 2. The number of carbonyl (C=O) groups is 2. The minimum absolute atomic E-state index is 0.0235. The van der Waals surface area contributed by atoms with E-state index in [4.69, 9.17) is 21.1 Å². The zero-order valence-electron chi connectivity index (χ0n) is 20.6. The molecule has 0 bridgehead atoms. The first-order valence-electron chi connectivity index (χ1n) is 11.7. The molecule has 0 spiro atoms. The molecule has 0 atom stereocenters. The molecule has 36 heavy (non-hydrogen) atoms. The van der Waals surface area contributed by atoms with E-state index in [1.807, 2.05) is 69.3 Å². The van der Waals surface area contributed by atoms with Crippen molar-refractivity contribution in [3.05, 3.63) is 87.9 Å². The molecule has 7 nitrogen and oxygen atoms in total. The highest BCUT2D eigenvalue weighted by molar-refractivity contribution is 6.30. The third-order valence-electron chi connectivity index (χ3n) is 5.22. The number of hydrogen-bond acceptors (Lipinski definition) is 5. The number of halogens is 1. The number of anilines is 1. The Morgan fingerprint density at radius 1 is 0.917 bits per heavy atom. The van der Waals surface area contributed by atoms with Crippen LogP contribution in [0.3, 0.4) is 0 Å². The molecule has 0 aromatic heterocycles. The second-order valence-electron chi connectivity index (χ2n) is 8.21. The highest BCUT2D eigenvalue weighted by atomic mass is 35.5. The average Bonchev–Trinajstić information content (AvgIpc) is 2.86. The Labute approximate surface area is 216 Å². The molecule has 8 heteroatoms. The molecule has 3 aromatic rings. The van der Waals surface area contributed by atoms with Crippen LogP contribution < -0.4 is 20.2 Å². The predicted molar refractivity (Wildman–Crippen MR) is 143 cm³/mol. The predicted octanol–water partition coefficient (Wildman–Crippen LogP) is 5.80. The summed E-state index contributed by atoms with van der Waals surface area (Å²) in [5.74, 6) is 0.599. The first-order chi connectivity index (χ1) is 17.3. The first kappa shape index (κ1) is 26.8. The summed E-state index contributed by atoms with van der Waals surface area (Å²) in [5.41, 5.74) is 6.94. The second kappa shape index (κ2) is 13.3. The van der Waals surface area contributed by atoms with Crippen molar-refractivity contribution in [3.8, 4) is 11.5 Å². The number of benzene rings is 3. The van der Waals surface area contributed by atoms with Crippen LogP contribution in [0, 0.1) is 13.8 Å². The summed E-state index contributed by atoms with van der Waals surface area (Å²) in [6.45, 7) is 6.61. The van der Waals surface area contributed by atoms with Gasteiger partial charge in [0.2, 0.25) is 11.8 Å². The zero-order valence-corrected chi connectivity index (χ0v) is 21.4. The van der Waals surface area contributed by atoms with Crippen LogP contribution in [0.2, 0.25) is 5.02 Å². The third-order valence-corrected chi connectivity index (χ3v) is 5.48. The Balaban J connectivity index is 1.50. The lowest BCUT2D eigenvalue weighted by Gasteiger charge is -2.12. The molecule has 0 saturated heterocycles. The van der Waals surface area contributed by atoms with Gasteiger partial charge in [-0.3, -0.25) is 9.59 Å². The third kappa shape index (κ3) is 8.43. The number of aryl methyl sites for hydroxylation is 2. The van der Waals surface area contributed by atoms with E-state index in [1.54, 1.807) is 12.1 Å². The molecule has 0 radical (unpaired) electrons.